The highest BCUT2D eigenvalue weighted by molar-refractivity contribution is 5.94. The monoisotopic (exact) mass is 544 g/mol. The summed E-state index contributed by atoms with van der Waals surface area (Å²) < 4.78 is 10.6. The van der Waals surface area contributed by atoms with Crippen LogP contribution in [0.4, 0.5) is 9.59 Å². The Hall–Kier alpha value is -4.66. The summed E-state index contributed by atoms with van der Waals surface area (Å²) in [5, 5.41) is 14.6. The van der Waals surface area contributed by atoms with Crippen molar-refractivity contribution in [2.75, 3.05) is 13.2 Å². The van der Waals surface area contributed by atoms with Crippen molar-refractivity contribution in [3.8, 4) is 11.1 Å². The fourth-order valence-electron chi connectivity index (χ4n) is 4.74. The Morgan fingerprint density at radius 1 is 0.825 bits per heavy atom. The van der Waals surface area contributed by atoms with E-state index in [1.807, 2.05) is 48.5 Å². The predicted molar refractivity (Wildman–Crippen MR) is 148 cm³/mol. The van der Waals surface area contributed by atoms with Gasteiger partial charge in [-0.2, -0.15) is 0 Å². The number of carboxylic acids is 1. The Bertz CT molecular complexity index is 1320. The number of carbonyl (C=O) groups excluding carboxylic acids is 3. The molecule has 0 spiro atoms. The highest BCUT2D eigenvalue weighted by Gasteiger charge is 2.29. The van der Waals surface area contributed by atoms with E-state index < -0.39 is 24.2 Å². The minimum Gasteiger partial charge on any atom is -0.480 e. The van der Waals surface area contributed by atoms with Crippen molar-refractivity contribution in [3.05, 3.63) is 95.1 Å². The highest BCUT2D eigenvalue weighted by Crippen LogP contribution is 2.44. The number of amides is 2. The van der Waals surface area contributed by atoms with E-state index in [-0.39, 0.29) is 31.3 Å². The first-order valence-corrected chi connectivity index (χ1v) is 13.2. The zero-order chi connectivity index (χ0) is 28.5. The fraction of sp³-hybridized carbons (Fsp3) is 0.290. The Balaban J connectivity index is 1.16. The number of fused-ring (bicyclic) bond motifs is 3. The molecule has 3 aromatic rings. The molecule has 0 heterocycles. The Labute approximate surface area is 232 Å². The zero-order valence-electron chi connectivity index (χ0n) is 22.2. The van der Waals surface area contributed by atoms with Gasteiger partial charge in [-0.05, 0) is 54.0 Å². The van der Waals surface area contributed by atoms with E-state index in [4.69, 9.17) is 9.47 Å². The van der Waals surface area contributed by atoms with E-state index in [2.05, 4.69) is 10.6 Å². The van der Waals surface area contributed by atoms with Gasteiger partial charge in [-0.3, -0.25) is 4.79 Å². The summed E-state index contributed by atoms with van der Waals surface area (Å²) in [6.07, 6.45) is -0.250. The predicted octanol–water partition coefficient (Wildman–Crippen LogP) is 5.28. The lowest BCUT2D eigenvalue weighted by molar-refractivity contribution is -0.139. The number of alkyl carbamates (subject to hydrolysis) is 2. The van der Waals surface area contributed by atoms with Crippen LogP contribution in [-0.2, 0) is 20.9 Å². The fourth-order valence-corrected chi connectivity index (χ4v) is 4.74. The lowest BCUT2D eigenvalue weighted by Gasteiger charge is -2.17. The number of benzene rings is 3. The minimum absolute atomic E-state index is 0.0381. The van der Waals surface area contributed by atoms with E-state index in [9.17, 15) is 24.3 Å². The van der Waals surface area contributed by atoms with Crippen LogP contribution in [0.5, 0.6) is 0 Å². The molecule has 3 aromatic carbocycles. The Morgan fingerprint density at radius 3 is 2.05 bits per heavy atom. The first-order chi connectivity index (χ1) is 19.3. The van der Waals surface area contributed by atoms with Crippen LogP contribution in [0.1, 0.15) is 59.2 Å². The van der Waals surface area contributed by atoms with Crippen LogP contribution < -0.4 is 10.6 Å². The third kappa shape index (κ3) is 7.25. The van der Waals surface area contributed by atoms with Crippen molar-refractivity contribution in [3.63, 3.8) is 0 Å². The second-order valence-corrected chi connectivity index (χ2v) is 9.61. The van der Waals surface area contributed by atoms with Crippen molar-refractivity contribution in [2.45, 2.75) is 44.8 Å². The number of nitrogens with one attached hydrogen (secondary N) is 2. The number of hydrogen-bond donors (Lipinski definition) is 3. The van der Waals surface area contributed by atoms with E-state index in [1.165, 1.54) is 6.92 Å². The van der Waals surface area contributed by atoms with Gasteiger partial charge in [-0.1, -0.05) is 72.8 Å². The molecule has 1 atom stereocenters. The second-order valence-electron chi connectivity index (χ2n) is 9.61. The average molecular weight is 545 g/mol. The maximum Gasteiger partial charge on any atom is 0.407 e. The topological polar surface area (TPSA) is 131 Å². The van der Waals surface area contributed by atoms with Crippen molar-refractivity contribution < 1.29 is 33.8 Å². The van der Waals surface area contributed by atoms with Crippen LogP contribution in [0.3, 0.4) is 0 Å². The summed E-state index contributed by atoms with van der Waals surface area (Å²) in [6, 6.07) is 21.6. The lowest BCUT2D eigenvalue weighted by Crippen LogP contribution is -2.41. The van der Waals surface area contributed by atoms with E-state index in [1.54, 1.807) is 24.3 Å². The van der Waals surface area contributed by atoms with Crippen molar-refractivity contribution >= 4 is 23.9 Å². The normalized spacial score (nSPS) is 12.5. The molecule has 40 heavy (non-hydrogen) atoms. The molecule has 9 nitrogen and oxygen atoms in total. The molecule has 0 radical (unpaired) electrons. The highest BCUT2D eigenvalue weighted by atomic mass is 16.6. The maximum atomic E-state index is 12.5. The molecular weight excluding hydrogens is 512 g/mol. The van der Waals surface area contributed by atoms with E-state index in [0.29, 0.717) is 24.9 Å². The number of ether oxygens (including phenoxy) is 2. The van der Waals surface area contributed by atoms with Gasteiger partial charge in [0.1, 0.15) is 19.3 Å². The SMILES string of the molecule is CC(=O)c1ccc(COC(=O)NCCCC[C@H](NC(=O)OCC2c3ccccc3-c3ccccc32)C(=O)O)cc1. The molecule has 4 rings (SSSR count). The minimum atomic E-state index is -1.16. The summed E-state index contributed by atoms with van der Waals surface area (Å²) in [5.41, 5.74) is 5.70. The van der Waals surface area contributed by atoms with Crippen LogP contribution in [-0.4, -0.2) is 48.2 Å². The molecule has 208 valence electrons. The molecule has 0 fully saturated rings. The van der Waals surface area contributed by atoms with Crippen LogP contribution in [0, 0.1) is 0 Å². The van der Waals surface area contributed by atoms with Crippen LogP contribution >= 0.6 is 0 Å². The largest absolute Gasteiger partial charge is 0.480 e. The molecular formula is C31H32N2O7. The molecule has 9 heteroatoms. The third-order valence-electron chi connectivity index (χ3n) is 6.85. The number of carbonyl (C=O) groups is 4. The molecule has 2 amide bonds. The van der Waals surface area contributed by atoms with Gasteiger partial charge in [0.05, 0.1) is 0 Å². The van der Waals surface area contributed by atoms with E-state index in [0.717, 1.165) is 27.8 Å². The number of ketones is 1. The molecule has 1 aliphatic rings. The first kappa shape index (κ1) is 28.4. The number of aliphatic carboxylic acids is 1. The van der Waals surface area contributed by atoms with Gasteiger partial charge in [0, 0.05) is 18.0 Å². The van der Waals surface area contributed by atoms with Gasteiger partial charge in [0.2, 0.25) is 0 Å². The van der Waals surface area contributed by atoms with Gasteiger partial charge in [0.25, 0.3) is 0 Å². The van der Waals surface area contributed by atoms with Crippen molar-refractivity contribution in [1.29, 1.82) is 0 Å². The van der Waals surface area contributed by atoms with Crippen LogP contribution in [0.15, 0.2) is 72.8 Å². The number of rotatable bonds is 12. The average Bonchev–Trinajstić information content (AvgIpc) is 3.28. The maximum absolute atomic E-state index is 12.5. The number of carboxylic acid groups (broad SMARTS) is 1. The molecule has 3 N–H and O–H groups in total. The van der Waals surface area contributed by atoms with E-state index >= 15 is 0 Å². The summed E-state index contributed by atoms with van der Waals surface area (Å²) in [7, 11) is 0. The number of hydrogen-bond acceptors (Lipinski definition) is 6. The molecule has 1 aliphatic carbocycles. The van der Waals surface area contributed by atoms with Crippen molar-refractivity contribution in [2.24, 2.45) is 0 Å². The van der Waals surface area contributed by atoms with Gasteiger partial charge < -0.3 is 25.2 Å². The standard InChI is InChI=1S/C31H32N2O7/c1-20(34)22-15-13-21(14-16-22)18-39-30(37)32-17-7-6-12-28(29(35)36)33-31(38)40-19-27-25-10-4-2-8-23(25)24-9-3-5-11-26(24)27/h2-5,8-11,13-16,27-28H,6-7,12,17-19H2,1H3,(H,32,37)(H,33,38)(H,35,36)/t28-/m0/s1. The van der Waals surface area contributed by atoms with Gasteiger partial charge in [0.15, 0.2) is 5.78 Å². The van der Waals surface area contributed by atoms with Crippen LogP contribution in [0.25, 0.3) is 11.1 Å². The number of Topliss-reactive ketones (excluding diaryl/α,β-unsaturated/α-hetero) is 1. The quantitative estimate of drug-likeness (QED) is 0.209. The van der Waals surface area contributed by atoms with Gasteiger partial charge in [-0.15, -0.1) is 0 Å². The van der Waals surface area contributed by atoms with Gasteiger partial charge >= 0.3 is 18.2 Å². The first-order valence-electron chi connectivity index (χ1n) is 13.2. The third-order valence-corrected chi connectivity index (χ3v) is 6.85. The molecule has 0 aromatic heterocycles. The summed E-state index contributed by atoms with van der Waals surface area (Å²) in [4.78, 5) is 47.4. The molecule has 0 bridgehead atoms. The zero-order valence-corrected chi connectivity index (χ0v) is 22.2. The number of unbranched alkanes of at least 4 members (excludes halogenated alkanes) is 1. The lowest BCUT2D eigenvalue weighted by atomic mass is 9.98. The molecule has 0 aliphatic heterocycles. The second kappa shape index (κ2) is 13.4. The molecule has 0 saturated carbocycles. The smallest absolute Gasteiger partial charge is 0.407 e. The summed E-state index contributed by atoms with van der Waals surface area (Å²) in [5.74, 6) is -1.31. The summed E-state index contributed by atoms with van der Waals surface area (Å²) in [6.45, 7) is 1.93. The Kier molecular flexibility index (Phi) is 9.51. The molecule has 0 saturated heterocycles. The van der Waals surface area contributed by atoms with Crippen LogP contribution in [0.2, 0.25) is 0 Å². The Morgan fingerprint density at radius 2 is 1.45 bits per heavy atom. The van der Waals surface area contributed by atoms with Crippen molar-refractivity contribution in [1.82, 2.24) is 10.6 Å². The van der Waals surface area contributed by atoms with Gasteiger partial charge in [-0.25, -0.2) is 14.4 Å². The molecule has 0 unspecified atom stereocenters. The summed E-state index contributed by atoms with van der Waals surface area (Å²) >= 11 is 0.